The smallest absolute Gasteiger partial charge is 0.454 e. The van der Waals surface area contributed by atoms with E-state index in [2.05, 4.69) is 4.98 Å². The number of diazo groups is 1. The average molecular weight is 210 g/mol. The highest BCUT2D eigenvalue weighted by Crippen LogP contribution is 2.38. The molecule has 0 aliphatic rings. The first-order chi connectivity index (χ1) is 6.97. The van der Waals surface area contributed by atoms with Gasteiger partial charge in [-0.1, -0.05) is 0 Å². The summed E-state index contributed by atoms with van der Waals surface area (Å²) >= 11 is 0. The Morgan fingerprint density at radius 2 is 1.80 bits per heavy atom. The van der Waals surface area contributed by atoms with E-state index in [0.29, 0.717) is 12.1 Å². The summed E-state index contributed by atoms with van der Waals surface area (Å²) in [5.41, 5.74) is -2.46. The molecular weight excluding hydrogens is 208 g/mol. The highest BCUT2D eigenvalue weighted by molar-refractivity contribution is 5.73. The van der Waals surface area contributed by atoms with Crippen LogP contribution in [-0.2, 0) is 0 Å². The summed E-state index contributed by atoms with van der Waals surface area (Å²) in [7, 11) is 0. The zero-order chi connectivity index (χ0) is 11.6. The van der Waals surface area contributed by atoms with Gasteiger partial charge in [0.15, 0.2) is 4.98 Å². The molecular formula is C6H2N4O5. The van der Waals surface area contributed by atoms with Crippen molar-refractivity contribution in [2.45, 2.75) is 0 Å². The molecule has 0 aliphatic heterocycles. The van der Waals surface area contributed by atoms with Crippen molar-refractivity contribution in [3.63, 3.8) is 0 Å². The summed E-state index contributed by atoms with van der Waals surface area (Å²) in [5, 5.41) is 40.0. The minimum Gasteiger partial charge on any atom is -0.867 e. The highest BCUT2D eigenvalue weighted by Gasteiger charge is 2.29. The van der Waals surface area contributed by atoms with E-state index in [0.717, 1.165) is 0 Å². The van der Waals surface area contributed by atoms with Crippen molar-refractivity contribution in [3.8, 4) is 5.75 Å². The lowest BCUT2D eigenvalue weighted by Crippen LogP contribution is -1.97. The minimum absolute atomic E-state index is 0.544. The van der Waals surface area contributed by atoms with E-state index in [1.54, 1.807) is 0 Å². The average Bonchev–Trinajstić information content (AvgIpc) is 2.16. The van der Waals surface area contributed by atoms with Crippen molar-refractivity contribution >= 4 is 17.1 Å². The van der Waals surface area contributed by atoms with Crippen LogP contribution in [0.3, 0.4) is 0 Å². The van der Waals surface area contributed by atoms with Gasteiger partial charge in [-0.15, -0.1) is 0 Å². The van der Waals surface area contributed by atoms with Crippen LogP contribution in [0.5, 0.6) is 5.75 Å². The van der Waals surface area contributed by atoms with Crippen LogP contribution in [0.4, 0.5) is 17.1 Å². The Kier molecular flexibility index (Phi) is 2.44. The number of benzene rings is 1. The van der Waals surface area contributed by atoms with E-state index in [1.165, 1.54) is 0 Å². The molecule has 0 heterocycles. The third-order valence-electron chi connectivity index (χ3n) is 1.55. The lowest BCUT2D eigenvalue weighted by Gasteiger charge is -1.99. The number of nitro benzene ring substituents is 2. The van der Waals surface area contributed by atoms with Gasteiger partial charge in [0.2, 0.25) is 5.39 Å². The van der Waals surface area contributed by atoms with Gasteiger partial charge in [0.25, 0.3) is 5.69 Å². The predicted molar refractivity (Wildman–Crippen MR) is 43.9 cm³/mol. The summed E-state index contributed by atoms with van der Waals surface area (Å²) in [5.74, 6) is -1.08. The van der Waals surface area contributed by atoms with Gasteiger partial charge in [-0.25, -0.2) is 0 Å². The molecule has 0 aromatic heterocycles. The van der Waals surface area contributed by atoms with Crippen molar-refractivity contribution in [1.29, 1.82) is 5.39 Å². The Balaban J connectivity index is 3.54. The van der Waals surface area contributed by atoms with Gasteiger partial charge in [0, 0.05) is 11.8 Å². The molecule has 1 aromatic carbocycles. The van der Waals surface area contributed by atoms with Gasteiger partial charge in [-0.05, 0) is 0 Å². The Bertz CT molecular complexity index is 491. The van der Waals surface area contributed by atoms with Crippen LogP contribution in [-0.4, -0.2) is 9.85 Å². The van der Waals surface area contributed by atoms with Crippen molar-refractivity contribution in [3.05, 3.63) is 37.3 Å². The molecule has 0 unspecified atom stereocenters. The van der Waals surface area contributed by atoms with E-state index in [1.807, 2.05) is 0 Å². The number of nitro groups is 2. The van der Waals surface area contributed by atoms with Crippen molar-refractivity contribution < 1.29 is 15.0 Å². The van der Waals surface area contributed by atoms with Crippen molar-refractivity contribution in [2.24, 2.45) is 0 Å². The summed E-state index contributed by atoms with van der Waals surface area (Å²) in [6.45, 7) is 0. The van der Waals surface area contributed by atoms with Gasteiger partial charge >= 0.3 is 11.4 Å². The Morgan fingerprint density at radius 3 is 2.20 bits per heavy atom. The van der Waals surface area contributed by atoms with E-state index >= 15 is 0 Å². The Morgan fingerprint density at radius 1 is 1.20 bits per heavy atom. The van der Waals surface area contributed by atoms with Crippen LogP contribution >= 0.6 is 0 Å². The lowest BCUT2D eigenvalue weighted by molar-refractivity contribution is -0.394. The van der Waals surface area contributed by atoms with Gasteiger partial charge in [-0.3, -0.25) is 20.2 Å². The molecule has 1 aromatic rings. The second kappa shape index (κ2) is 3.54. The molecule has 76 valence electrons. The van der Waals surface area contributed by atoms with E-state index in [4.69, 9.17) is 5.39 Å². The number of rotatable bonds is 2. The molecule has 1 rings (SSSR count). The minimum atomic E-state index is -1.08. The van der Waals surface area contributed by atoms with Gasteiger partial charge in [0.1, 0.15) is 6.07 Å². The number of non-ortho nitro benzene ring substituents is 1. The van der Waals surface area contributed by atoms with Crippen molar-refractivity contribution in [1.82, 2.24) is 0 Å². The maximum atomic E-state index is 11.0. The second-order valence-electron chi connectivity index (χ2n) is 2.43. The molecule has 9 heteroatoms. The van der Waals surface area contributed by atoms with Crippen LogP contribution in [0, 0.1) is 25.6 Å². The van der Waals surface area contributed by atoms with E-state index < -0.39 is 32.7 Å². The Hall–Kier alpha value is -2.76. The molecule has 9 nitrogen and oxygen atoms in total. The van der Waals surface area contributed by atoms with Crippen LogP contribution in [0.15, 0.2) is 12.1 Å². The molecule has 0 fully saturated rings. The van der Waals surface area contributed by atoms with E-state index in [-0.39, 0.29) is 0 Å². The second-order valence-corrected chi connectivity index (χ2v) is 2.43. The van der Waals surface area contributed by atoms with Gasteiger partial charge in [0.05, 0.1) is 9.85 Å². The maximum absolute atomic E-state index is 11.0. The van der Waals surface area contributed by atoms with E-state index in [9.17, 15) is 25.3 Å². The molecule has 0 bridgehead atoms. The van der Waals surface area contributed by atoms with Gasteiger partial charge < -0.3 is 5.11 Å². The monoisotopic (exact) mass is 210 g/mol. The Labute approximate surface area is 81.5 Å². The van der Waals surface area contributed by atoms with Gasteiger partial charge in [-0.2, -0.15) is 0 Å². The first kappa shape index (κ1) is 10.3. The first-order valence-electron chi connectivity index (χ1n) is 3.46. The van der Waals surface area contributed by atoms with Crippen LogP contribution in [0.2, 0.25) is 0 Å². The standard InChI is InChI=1S/C6H2N4O5/c7-8-6-4(10(14)15)1-3(9(12)13)2-5(6)11/h1-2H. The van der Waals surface area contributed by atoms with Crippen LogP contribution < -0.4 is 5.11 Å². The predicted octanol–water partition coefficient (Wildman–Crippen LogP) is 1.06. The fourth-order valence-electron chi connectivity index (χ4n) is 0.924. The number of hydrogen-bond acceptors (Lipinski definition) is 6. The molecule has 0 atom stereocenters. The lowest BCUT2D eigenvalue weighted by atomic mass is 10.2. The summed E-state index contributed by atoms with van der Waals surface area (Å²) in [4.78, 5) is 21.1. The SMILES string of the molecule is N#[N+]c1c([O-])cc([N+](=O)[O-])cc1[N+](=O)[O-]. The van der Waals surface area contributed by atoms with Crippen molar-refractivity contribution in [2.75, 3.05) is 0 Å². The fourth-order valence-corrected chi connectivity index (χ4v) is 0.924. The molecule has 0 aliphatic carbocycles. The molecule has 0 N–H and O–H groups in total. The molecule has 0 saturated heterocycles. The summed E-state index contributed by atoms with van der Waals surface area (Å²) < 4.78 is 0. The third-order valence-corrected chi connectivity index (χ3v) is 1.55. The fraction of sp³-hybridized carbons (Fsp3) is 0. The highest BCUT2D eigenvalue weighted by atomic mass is 16.6. The zero-order valence-electron chi connectivity index (χ0n) is 6.98. The summed E-state index contributed by atoms with van der Waals surface area (Å²) in [6, 6.07) is 1.10. The first-order valence-corrected chi connectivity index (χ1v) is 3.46. The number of nitrogens with zero attached hydrogens (tertiary/aromatic N) is 4. The summed E-state index contributed by atoms with van der Waals surface area (Å²) in [6.07, 6.45) is 0. The van der Waals surface area contributed by atoms with Crippen LogP contribution in [0.1, 0.15) is 0 Å². The quantitative estimate of drug-likeness (QED) is 0.406. The third kappa shape index (κ3) is 1.78. The molecule has 0 spiro atoms. The molecule has 0 saturated carbocycles. The van der Waals surface area contributed by atoms with Crippen LogP contribution in [0.25, 0.3) is 4.98 Å². The normalized spacial score (nSPS) is 9.27. The number of hydrogen-bond donors (Lipinski definition) is 0. The zero-order valence-corrected chi connectivity index (χ0v) is 6.98. The molecule has 15 heavy (non-hydrogen) atoms. The molecule has 0 amide bonds. The topological polar surface area (TPSA) is 137 Å². The maximum Gasteiger partial charge on any atom is 0.454 e. The largest absolute Gasteiger partial charge is 0.867 e. The molecule has 0 radical (unpaired) electrons.